The Morgan fingerprint density at radius 1 is 1.32 bits per heavy atom. The van der Waals surface area contributed by atoms with E-state index >= 15 is 0 Å². The molecule has 1 amide bonds. The number of pyridine rings is 1. The van der Waals surface area contributed by atoms with Crippen LogP contribution < -0.4 is 11.1 Å². The molecular formula is C18H17ClF2N4O2S. The van der Waals surface area contributed by atoms with Crippen molar-refractivity contribution in [3.63, 3.8) is 0 Å². The molecule has 3 N–H and O–H groups in total. The number of hydrogen-bond acceptors (Lipinski definition) is 6. The van der Waals surface area contributed by atoms with Crippen LogP contribution in [-0.4, -0.2) is 35.8 Å². The number of nitrogens with zero attached hydrogens (tertiary/aromatic N) is 2. The topological polar surface area (TPSA) is 89.6 Å². The van der Waals surface area contributed by atoms with Crippen molar-refractivity contribution < 1.29 is 18.3 Å². The molecule has 0 radical (unpaired) electrons. The van der Waals surface area contributed by atoms with Crippen LogP contribution in [0.2, 0.25) is 0 Å². The maximum atomic E-state index is 14.7. The molecule has 2 aliphatic rings. The fourth-order valence-corrected chi connectivity index (χ4v) is 4.55. The Hall–Kier alpha value is -2.23. The molecule has 0 aliphatic carbocycles. The van der Waals surface area contributed by atoms with Crippen molar-refractivity contribution >= 4 is 40.9 Å². The number of rotatable bonds is 3. The van der Waals surface area contributed by atoms with Crippen molar-refractivity contribution in [3.05, 3.63) is 59.4 Å². The minimum atomic E-state index is -0.676. The lowest BCUT2D eigenvalue weighted by Gasteiger charge is -2.35. The quantitative estimate of drug-likeness (QED) is 0.787. The molecule has 0 spiro atoms. The van der Waals surface area contributed by atoms with Gasteiger partial charge in [-0.3, -0.25) is 9.79 Å². The molecule has 1 saturated heterocycles. The lowest BCUT2D eigenvalue weighted by molar-refractivity contribution is 0.102. The first-order chi connectivity index (χ1) is 13.0. The minimum Gasteiger partial charge on any atom is -0.379 e. The van der Waals surface area contributed by atoms with Gasteiger partial charge in [0, 0.05) is 23.7 Å². The van der Waals surface area contributed by atoms with Crippen LogP contribution in [0.5, 0.6) is 0 Å². The zero-order valence-electron chi connectivity index (χ0n) is 14.5. The van der Waals surface area contributed by atoms with Crippen LogP contribution in [0.1, 0.15) is 16.1 Å². The molecule has 6 nitrogen and oxygen atoms in total. The van der Waals surface area contributed by atoms with Crippen LogP contribution >= 0.6 is 24.2 Å². The zero-order chi connectivity index (χ0) is 19.0. The van der Waals surface area contributed by atoms with E-state index in [-0.39, 0.29) is 24.0 Å². The van der Waals surface area contributed by atoms with Crippen LogP contribution in [0, 0.1) is 17.6 Å². The molecule has 2 atom stereocenters. The lowest BCUT2D eigenvalue weighted by atomic mass is 9.87. The van der Waals surface area contributed by atoms with E-state index < -0.39 is 22.3 Å². The van der Waals surface area contributed by atoms with Gasteiger partial charge < -0.3 is 15.8 Å². The van der Waals surface area contributed by atoms with E-state index in [0.29, 0.717) is 36.2 Å². The van der Waals surface area contributed by atoms with Crippen LogP contribution in [0.25, 0.3) is 0 Å². The number of amidine groups is 1. The second-order valence-electron chi connectivity index (χ2n) is 6.39. The van der Waals surface area contributed by atoms with E-state index in [0.717, 1.165) is 12.3 Å². The minimum absolute atomic E-state index is 0. The number of nitrogens with two attached hydrogens (primary N) is 1. The van der Waals surface area contributed by atoms with Crippen LogP contribution in [-0.2, 0) is 9.48 Å². The number of carbonyl (C=O) groups is 1. The molecule has 0 unspecified atom stereocenters. The van der Waals surface area contributed by atoms with Gasteiger partial charge in [0.05, 0.1) is 24.2 Å². The average molecular weight is 427 g/mol. The second kappa shape index (κ2) is 8.02. The van der Waals surface area contributed by atoms with E-state index in [1.807, 2.05) is 0 Å². The summed E-state index contributed by atoms with van der Waals surface area (Å²) < 4.78 is 32.6. The number of anilines is 1. The van der Waals surface area contributed by atoms with Crippen molar-refractivity contribution in [1.29, 1.82) is 0 Å². The summed E-state index contributed by atoms with van der Waals surface area (Å²) in [6, 6.07) is 6.79. The number of ether oxygens (including phenoxy) is 1. The fourth-order valence-electron chi connectivity index (χ4n) is 3.32. The summed E-state index contributed by atoms with van der Waals surface area (Å²) in [6.07, 6.45) is 0.964. The number of hydrogen-bond donors (Lipinski definition) is 2. The van der Waals surface area contributed by atoms with Gasteiger partial charge in [-0.15, -0.1) is 12.4 Å². The zero-order valence-corrected chi connectivity index (χ0v) is 16.2. The van der Waals surface area contributed by atoms with Crippen LogP contribution in [0.15, 0.2) is 41.5 Å². The average Bonchev–Trinajstić information content (AvgIpc) is 3.07. The maximum Gasteiger partial charge on any atom is 0.274 e. The van der Waals surface area contributed by atoms with Gasteiger partial charge in [-0.1, -0.05) is 11.8 Å². The summed E-state index contributed by atoms with van der Waals surface area (Å²) in [7, 11) is 0. The monoisotopic (exact) mass is 426 g/mol. The Morgan fingerprint density at radius 2 is 2.14 bits per heavy atom. The van der Waals surface area contributed by atoms with Gasteiger partial charge in [0.15, 0.2) is 5.17 Å². The van der Waals surface area contributed by atoms with Crippen molar-refractivity contribution in [3.8, 4) is 0 Å². The number of benzene rings is 1. The molecular weight excluding hydrogens is 410 g/mol. The summed E-state index contributed by atoms with van der Waals surface area (Å²) in [5.41, 5.74) is 6.78. The van der Waals surface area contributed by atoms with Gasteiger partial charge in [0.1, 0.15) is 17.3 Å². The molecule has 2 aliphatic heterocycles. The lowest BCUT2D eigenvalue weighted by Crippen LogP contribution is -2.39. The molecule has 1 aromatic heterocycles. The van der Waals surface area contributed by atoms with Crippen molar-refractivity contribution in [2.24, 2.45) is 16.6 Å². The number of fused-ring (bicyclic) bond motifs is 1. The van der Waals surface area contributed by atoms with Gasteiger partial charge in [0.2, 0.25) is 0 Å². The summed E-state index contributed by atoms with van der Waals surface area (Å²) >= 11 is 1.29. The highest BCUT2D eigenvalue weighted by Crippen LogP contribution is 2.50. The Kier molecular flexibility index (Phi) is 5.87. The molecule has 28 heavy (non-hydrogen) atoms. The highest BCUT2D eigenvalue weighted by atomic mass is 35.5. The number of nitrogens with one attached hydrogen (secondary N) is 1. The van der Waals surface area contributed by atoms with Gasteiger partial charge in [-0.2, -0.15) is 0 Å². The van der Waals surface area contributed by atoms with Crippen LogP contribution in [0.3, 0.4) is 0 Å². The molecule has 148 valence electrons. The molecule has 1 aromatic carbocycles. The number of aliphatic imine (C=N–C) groups is 1. The Labute approximate surface area is 170 Å². The van der Waals surface area contributed by atoms with Gasteiger partial charge in [-0.25, -0.2) is 13.8 Å². The van der Waals surface area contributed by atoms with Gasteiger partial charge in [-0.05, 0) is 30.3 Å². The Bertz CT molecular complexity index is 928. The first kappa shape index (κ1) is 20.5. The number of carbonyl (C=O) groups excluding carboxylic acids is 1. The summed E-state index contributed by atoms with van der Waals surface area (Å²) in [6.45, 7) is 1.25. The number of thioether (sulfide) groups is 1. The SMILES string of the molecule is Cl.NC1=NC[C@H]2COC[C@]2(c2cc(NC(=O)c3ccc(F)cn3)ccc2F)S1. The van der Waals surface area contributed by atoms with E-state index in [1.165, 1.54) is 30.0 Å². The third kappa shape index (κ3) is 3.69. The van der Waals surface area contributed by atoms with Gasteiger partial charge >= 0.3 is 0 Å². The Balaban J connectivity index is 0.00000225. The standard InChI is InChI=1S/C18H16F2N4O2S.ClH/c19-11-1-4-15(22-7-11)16(25)24-12-2-3-14(20)13(5-12)18-9-26-8-10(18)6-23-17(21)27-18;/h1-5,7,10H,6,8-9H2,(H2,21,23)(H,24,25);1H/t10-,18-;/m0./s1. The molecule has 2 aromatic rings. The number of halogens is 3. The van der Waals surface area contributed by atoms with Crippen molar-refractivity contribution in [1.82, 2.24) is 4.98 Å². The molecule has 0 saturated carbocycles. The van der Waals surface area contributed by atoms with Crippen molar-refractivity contribution in [2.75, 3.05) is 25.1 Å². The smallest absolute Gasteiger partial charge is 0.274 e. The molecule has 1 fully saturated rings. The predicted octanol–water partition coefficient (Wildman–Crippen LogP) is 2.94. The predicted molar refractivity (Wildman–Crippen MR) is 106 cm³/mol. The summed E-state index contributed by atoms with van der Waals surface area (Å²) in [5, 5.41) is 3.06. The molecule has 4 rings (SSSR count). The van der Waals surface area contributed by atoms with E-state index in [2.05, 4.69) is 15.3 Å². The number of amides is 1. The van der Waals surface area contributed by atoms with E-state index in [9.17, 15) is 13.6 Å². The molecule has 10 heteroatoms. The molecule has 3 heterocycles. The normalized spacial score (nSPS) is 23.4. The molecule has 0 bridgehead atoms. The number of aromatic nitrogens is 1. The third-order valence-electron chi connectivity index (χ3n) is 4.69. The van der Waals surface area contributed by atoms with E-state index in [1.54, 1.807) is 6.07 Å². The first-order valence-electron chi connectivity index (χ1n) is 8.27. The maximum absolute atomic E-state index is 14.7. The van der Waals surface area contributed by atoms with Crippen molar-refractivity contribution in [2.45, 2.75) is 4.75 Å². The summed E-state index contributed by atoms with van der Waals surface area (Å²) in [5.74, 6) is -1.45. The largest absolute Gasteiger partial charge is 0.379 e. The summed E-state index contributed by atoms with van der Waals surface area (Å²) in [4.78, 5) is 20.3. The van der Waals surface area contributed by atoms with Crippen LogP contribution in [0.4, 0.5) is 14.5 Å². The third-order valence-corrected chi connectivity index (χ3v) is 6.06. The first-order valence-corrected chi connectivity index (χ1v) is 9.09. The highest BCUT2D eigenvalue weighted by Gasteiger charge is 2.50. The fraction of sp³-hybridized carbons (Fsp3) is 0.278. The van der Waals surface area contributed by atoms with Gasteiger partial charge in [0.25, 0.3) is 5.91 Å². The second-order valence-corrected chi connectivity index (χ2v) is 7.74. The van der Waals surface area contributed by atoms with E-state index in [4.69, 9.17) is 10.5 Å². The highest BCUT2D eigenvalue weighted by molar-refractivity contribution is 8.14. The Morgan fingerprint density at radius 3 is 2.89 bits per heavy atom.